The highest BCUT2D eigenvalue weighted by Gasteiger charge is 2.32. The Labute approximate surface area is 202 Å². The molecule has 0 aliphatic carbocycles. The molecular formula is C24H18F3N5O4. The van der Waals surface area contributed by atoms with Crippen LogP contribution in [0.25, 0.3) is 0 Å². The monoisotopic (exact) mass is 497 g/mol. The van der Waals surface area contributed by atoms with Crippen molar-refractivity contribution in [2.45, 2.75) is 6.18 Å². The molecule has 2 aromatic heterocycles. The van der Waals surface area contributed by atoms with Gasteiger partial charge in [-0.3, -0.25) is 9.78 Å². The van der Waals surface area contributed by atoms with Gasteiger partial charge in [-0.05, 0) is 36.4 Å². The van der Waals surface area contributed by atoms with Crippen LogP contribution in [0.1, 0.15) is 37.5 Å². The van der Waals surface area contributed by atoms with Crippen LogP contribution >= 0.6 is 0 Å². The summed E-state index contributed by atoms with van der Waals surface area (Å²) in [6.45, 7) is 1.10. The van der Waals surface area contributed by atoms with Crippen LogP contribution < -0.4 is 4.90 Å². The zero-order valence-electron chi connectivity index (χ0n) is 18.5. The zero-order valence-corrected chi connectivity index (χ0v) is 18.5. The van der Waals surface area contributed by atoms with Crippen molar-refractivity contribution in [3.63, 3.8) is 0 Å². The molecule has 1 aliphatic rings. The van der Waals surface area contributed by atoms with Crippen molar-refractivity contribution in [2.24, 2.45) is 0 Å². The molecule has 9 nitrogen and oxygen atoms in total. The van der Waals surface area contributed by atoms with E-state index in [1.54, 1.807) is 4.90 Å². The van der Waals surface area contributed by atoms with E-state index < -0.39 is 23.6 Å². The number of aromatic carboxylic acids is 1. The number of nitrogens with zero attached hydrogens (tertiary/aromatic N) is 5. The number of anilines is 1. The van der Waals surface area contributed by atoms with Crippen LogP contribution in [0.5, 0.6) is 5.75 Å². The average Bonchev–Trinajstić information content (AvgIpc) is 2.86. The Kier molecular flexibility index (Phi) is 6.73. The van der Waals surface area contributed by atoms with Crippen LogP contribution in [0.3, 0.4) is 0 Å². The average molecular weight is 497 g/mol. The summed E-state index contributed by atoms with van der Waals surface area (Å²) < 4.78 is 40.5. The number of benzene rings is 1. The molecule has 1 fully saturated rings. The smallest absolute Gasteiger partial charge is 0.416 e. The van der Waals surface area contributed by atoms with Crippen molar-refractivity contribution in [2.75, 3.05) is 31.1 Å². The van der Waals surface area contributed by atoms with E-state index in [4.69, 9.17) is 5.11 Å². The lowest BCUT2D eigenvalue weighted by Crippen LogP contribution is -2.49. The number of carboxylic acids is 1. The largest absolute Gasteiger partial charge is 0.506 e. The second kappa shape index (κ2) is 9.91. The summed E-state index contributed by atoms with van der Waals surface area (Å²) in [5.74, 6) is 3.77. The fraction of sp³-hybridized carbons (Fsp3) is 0.208. The van der Waals surface area contributed by atoms with Gasteiger partial charge in [0.15, 0.2) is 11.5 Å². The van der Waals surface area contributed by atoms with Crippen molar-refractivity contribution < 1.29 is 33.0 Å². The van der Waals surface area contributed by atoms with E-state index in [1.807, 2.05) is 0 Å². The molecule has 184 valence electrons. The molecule has 0 atom stereocenters. The minimum absolute atomic E-state index is 0.0102. The van der Waals surface area contributed by atoms with Crippen LogP contribution in [0.15, 0.2) is 48.8 Å². The van der Waals surface area contributed by atoms with E-state index in [0.717, 1.165) is 12.1 Å². The number of halogens is 3. The Morgan fingerprint density at radius 1 is 0.917 bits per heavy atom. The molecule has 1 saturated heterocycles. The van der Waals surface area contributed by atoms with Gasteiger partial charge in [-0.15, -0.1) is 10.2 Å². The summed E-state index contributed by atoms with van der Waals surface area (Å²) in [4.78, 5) is 31.0. The summed E-state index contributed by atoms with van der Waals surface area (Å²) in [6.07, 6.45) is -2.13. The molecular weight excluding hydrogens is 479 g/mol. The number of carbonyl (C=O) groups is 2. The van der Waals surface area contributed by atoms with Crippen molar-refractivity contribution in [1.82, 2.24) is 20.1 Å². The fourth-order valence-electron chi connectivity index (χ4n) is 3.56. The first kappa shape index (κ1) is 24.5. The summed E-state index contributed by atoms with van der Waals surface area (Å²) in [6, 6.07) is 7.10. The Balaban J connectivity index is 1.52. The van der Waals surface area contributed by atoms with Gasteiger partial charge in [0.2, 0.25) is 0 Å². The first-order valence-corrected chi connectivity index (χ1v) is 10.6. The van der Waals surface area contributed by atoms with Gasteiger partial charge in [0.25, 0.3) is 5.91 Å². The number of piperazine rings is 1. The predicted octanol–water partition coefficient (Wildman–Crippen LogP) is 2.66. The van der Waals surface area contributed by atoms with Crippen molar-refractivity contribution in [1.29, 1.82) is 0 Å². The number of alkyl halides is 3. The number of carboxylic acid groups (broad SMARTS) is 1. The Hall–Kier alpha value is -4.66. The third-order valence-electron chi connectivity index (χ3n) is 5.34. The maximum absolute atomic E-state index is 13.5. The standard InChI is InChI=1S/C24H18F3N5O4/c25-24(26,27)18-10-15(1-2-16-11-19(33)14-28-13-16)9-17(12-18)22(34)32-7-5-31(6-8-32)21-4-3-20(23(35)36)29-30-21/h3-4,9-14,33H,5-8H2,(H,35,36). The number of aromatic nitrogens is 3. The van der Waals surface area contributed by atoms with Gasteiger partial charge in [-0.2, -0.15) is 13.2 Å². The summed E-state index contributed by atoms with van der Waals surface area (Å²) >= 11 is 0. The molecule has 12 heteroatoms. The predicted molar refractivity (Wildman–Crippen MR) is 120 cm³/mol. The van der Waals surface area contributed by atoms with Gasteiger partial charge in [-0.25, -0.2) is 4.79 Å². The second-order valence-electron chi connectivity index (χ2n) is 7.84. The van der Waals surface area contributed by atoms with Crippen molar-refractivity contribution >= 4 is 17.7 Å². The fourth-order valence-corrected chi connectivity index (χ4v) is 3.56. The van der Waals surface area contributed by atoms with E-state index in [2.05, 4.69) is 27.0 Å². The van der Waals surface area contributed by atoms with Gasteiger partial charge >= 0.3 is 12.1 Å². The quantitative estimate of drug-likeness (QED) is 0.530. The van der Waals surface area contributed by atoms with Gasteiger partial charge in [0.05, 0.1) is 11.8 Å². The van der Waals surface area contributed by atoms with Crippen LogP contribution in [-0.4, -0.2) is 68.3 Å². The second-order valence-corrected chi connectivity index (χ2v) is 7.84. The van der Waals surface area contributed by atoms with E-state index in [0.29, 0.717) is 24.5 Å². The minimum Gasteiger partial charge on any atom is -0.506 e. The highest BCUT2D eigenvalue weighted by Crippen LogP contribution is 2.31. The molecule has 0 bridgehead atoms. The normalized spacial score (nSPS) is 13.6. The molecule has 0 saturated carbocycles. The number of carbonyl (C=O) groups excluding carboxylic acids is 1. The number of pyridine rings is 1. The van der Waals surface area contributed by atoms with E-state index in [9.17, 15) is 27.9 Å². The van der Waals surface area contributed by atoms with Gasteiger partial charge in [0, 0.05) is 49.1 Å². The van der Waals surface area contributed by atoms with Crippen molar-refractivity contribution in [3.05, 3.63) is 76.7 Å². The lowest BCUT2D eigenvalue weighted by molar-refractivity contribution is -0.137. The van der Waals surface area contributed by atoms with E-state index in [-0.39, 0.29) is 35.7 Å². The molecule has 4 rings (SSSR count). The number of hydrogen-bond acceptors (Lipinski definition) is 7. The SMILES string of the molecule is O=C(O)c1ccc(N2CCN(C(=O)c3cc(C#Cc4cncc(O)c4)cc(C(F)(F)F)c3)CC2)nn1. The summed E-state index contributed by atoms with van der Waals surface area (Å²) in [7, 11) is 0. The van der Waals surface area contributed by atoms with Crippen LogP contribution in [0, 0.1) is 11.8 Å². The van der Waals surface area contributed by atoms with Crippen LogP contribution in [0.4, 0.5) is 19.0 Å². The first-order chi connectivity index (χ1) is 17.1. The highest BCUT2D eigenvalue weighted by atomic mass is 19.4. The number of hydrogen-bond donors (Lipinski definition) is 2. The third-order valence-corrected chi connectivity index (χ3v) is 5.34. The summed E-state index contributed by atoms with van der Waals surface area (Å²) in [5.41, 5.74) is -1.06. The maximum Gasteiger partial charge on any atom is 0.416 e. The van der Waals surface area contributed by atoms with Crippen LogP contribution in [0.2, 0.25) is 0 Å². The van der Waals surface area contributed by atoms with Crippen LogP contribution in [-0.2, 0) is 6.18 Å². The lowest BCUT2D eigenvalue weighted by atomic mass is 10.0. The Morgan fingerprint density at radius 2 is 1.64 bits per heavy atom. The lowest BCUT2D eigenvalue weighted by Gasteiger charge is -2.35. The Bertz CT molecular complexity index is 1360. The molecule has 1 aliphatic heterocycles. The van der Waals surface area contributed by atoms with Gasteiger partial charge in [-0.1, -0.05) is 11.8 Å². The number of amides is 1. The number of aromatic hydroxyl groups is 1. The minimum atomic E-state index is -4.68. The molecule has 0 spiro atoms. The first-order valence-electron chi connectivity index (χ1n) is 10.6. The number of rotatable bonds is 3. The third kappa shape index (κ3) is 5.69. The molecule has 1 aromatic carbocycles. The highest BCUT2D eigenvalue weighted by molar-refractivity contribution is 5.95. The molecule has 1 amide bonds. The zero-order chi connectivity index (χ0) is 25.9. The summed E-state index contributed by atoms with van der Waals surface area (Å²) in [5, 5.41) is 25.9. The topological polar surface area (TPSA) is 120 Å². The van der Waals surface area contributed by atoms with E-state index >= 15 is 0 Å². The molecule has 0 radical (unpaired) electrons. The molecule has 3 heterocycles. The van der Waals surface area contributed by atoms with Gasteiger partial charge < -0.3 is 20.0 Å². The molecule has 2 N–H and O–H groups in total. The molecule has 3 aromatic rings. The molecule has 36 heavy (non-hydrogen) atoms. The molecule has 0 unspecified atom stereocenters. The van der Waals surface area contributed by atoms with Gasteiger partial charge in [0.1, 0.15) is 5.75 Å². The van der Waals surface area contributed by atoms with Crippen molar-refractivity contribution in [3.8, 4) is 17.6 Å². The Morgan fingerprint density at radius 3 is 2.25 bits per heavy atom. The van der Waals surface area contributed by atoms with E-state index in [1.165, 1.54) is 41.6 Å². The maximum atomic E-state index is 13.5.